The van der Waals surface area contributed by atoms with E-state index in [1.54, 1.807) is 10.9 Å². The first-order valence-electron chi connectivity index (χ1n) is 7.66. The fraction of sp³-hybridized carbons (Fsp3) is 0.111. The predicted molar refractivity (Wildman–Crippen MR) is 99.5 cm³/mol. The van der Waals surface area contributed by atoms with Crippen LogP contribution in [0.2, 0.25) is 0 Å². The van der Waals surface area contributed by atoms with Crippen molar-refractivity contribution in [3.63, 3.8) is 0 Å². The van der Waals surface area contributed by atoms with Crippen molar-refractivity contribution < 1.29 is 4.74 Å². The summed E-state index contributed by atoms with van der Waals surface area (Å²) in [5.74, 6) is 1.30. The molecule has 0 bridgehead atoms. The first-order chi connectivity index (χ1) is 11.7. The highest BCUT2D eigenvalue weighted by Crippen LogP contribution is 2.31. The van der Waals surface area contributed by atoms with E-state index in [0.717, 1.165) is 27.9 Å². The molecule has 25 heavy (non-hydrogen) atoms. The van der Waals surface area contributed by atoms with Crippen molar-refractivity contribution in [1.29, 1.82) is 0 Å². The zero-order chi connectivity index (χ0) is 16.5. The molecule has 6 nitrogen and oxygen atoms in total. The normalized spacial score (nSPS) is 10.6. The highest BCUT2D eigenvalue weighted by molar-refractivity contribution is 5.88. The number of hydrogen-bond donors (Lipinski definition) is 1. The molecule has 0 aliphatic carbocycles. The van der Waals surface area contributed by atoms with Crippen molar-refractivity contribution in [2.45, 2.75) is 6.54 Å². The van der Waals surface area contributed by atoms with Crippen molar-refractivity contribution in [3.8, 4) is 17.3 Å². The summed E-state index contributed by atoms with van der Waals surface area (Å²) in [5, 5.41) is 5.25. The van der Waals surface area contributed by atoms with Gasteiger partial charge in [-0.2, -0.15) is 5.10 Å². The molecular formula is C18H18ClN5O. The number of aromatic nitrogens is 4. The molecular weight excluding hydrogens is 338 g/mol. The van der Waals surface area contributed by atoms with E-state index in [0.29, 0.717) is 12.4 Å². The molecule has 0 aliphatic heterocycles. The predicted octanol–water partition coefficient (Wildman–Crippen LogP) is 3.43. The summed E-state index contributed by atoms with van der Waals surface area (Å²) in [7, 11) is 1.90. The number of benzene rings is 1. The van der Waals surface area contributed by atoms with Crippen LogP contribution in [0.15, 0.2) is 61.2 Å². The van der Waals surface area contributed by atoms with E-state index >= 15 is 0 Å². The minimum absolute atomic E-state index is 0. The molecule has 0 saturated heterocycles. The lowest BCUT2D eigenvalue weighted by molar-refractivity contribution is 0.467. The van der Waals surface area contributed by atoms with Crippen LogP contribution in [0, 0.1) is 0 Å². The van der Waals surface area contributed by atoms with Crippen LogP contribution in [0.25, 0.3) is 16.6 Å². The third-order valence-electron chi connectivity index (χ3n) is 3.91. The van der Waals surface area contributed by atoms with Gasteiger partial charge in [0, 0.05) is 43.6 Å². The number of fused-ring (bicyclic) bond motifs is 1. The van der Waals surface area contributed by atoms with Gasteiger partial charge in [-0.05, 0) is 29.8 Å². The molecule has 7 heteroatoms. The van der Waals surface area contributed by atoms with Crippen LogP contribution in [0.5, 0.6) is 11.6 Å². The summed E-state index contributed by atoms with van der Waals surface area (Å²) < 4.78 is 9.85. The van der Waals surface area contributed by atoms with E-state index in [1.807, 2.05) is 56.0 Å². The first kappa shape index (κ1) is 17.0. The van der Waals surface area contributed by atoms with Crippen LogP contribution in [-0.2, 0) is 13.6 Å². The third-order valence-corrected chi connectivity index (χ3v) is 3.91. The summed E-state index contributed by atoms with van der Waals surface area (Å²) in [5.41, 5.74) is 8.72. The standard InChI is InChI=1S/C18H17N5O.ClH/c1-22-12-14(11-21-22)23-8-6-15-16(23)3-2-4-17(15)24-18-9-13(10-19)5-7-20-18;/h2-9,11-12H,10,19H2,1H3;1H. The fourth-order valence-corrected chi connectivity index (χ4v) is 2.73. The number of nitrogens with two attached hydrogens (primary N) is 1. The zero-order valence-corrected chi connectivity index (χ0v) is 14.5. The number of aryl methyl sites for hydroxylation is 1. The molecule has 3 heterocycles. The van der Waals surface area contributed by atoms with E-state index in [-0.39, 0.29) is 12.4 Å². The maximum atomic E-state index is 5.99. The second-order valence-corrected chi connectivity index (χ2v) is 5.56. The quantitative estimate of drug-likeness (QED) is 0.608. The molecule has 0 amide bonds. The van der Waals surface area contributed by atoms with E-state index in [2.05, 4.69) is 20.7 Å². The molecule has 1 aromatic carbocycles. The van der Waals surface area contributed by atoms with Crippen LogP contribution in [-0.4, -0.2) is 19.3 Å². The summed E-state index contributed by atoms with van der Waals surface area (Å²) in [6.07, 6.45) is 7.52. The Hall–Kier alpha value is -2.83. The van der Waals surface area contributed by atoms with Gasteiger partial charge in [0.05, 0.1) is 17.4 Å². The molecule has 4 aromatic rings. The molecule has 0 fully saturated rings. The highest BCUT2D eigenvalue weighted by atomic mass is 35.5. The van der Waals surface area contributed by atoms with Crippen molar-refractivity contribution in [2.24, 2.45) is 12.8 Å². The average molecular weight is 356 g/mol. The van der Waals surface area contributed by atoms with Gasteiger partial charge >= 0.3 is 0 Å². The van der Waals surface area contributed by atoms with E-state index in [1.165, 1.54) is 0 Å². The lowest BCUT2D eigenvalue weighted by atomic mass is 10.2. The fourth-order valence-electron chi connectivity index (χ4n) is 2.73. The van der Waals surface area contributed by atoms with Crippen molar-refractivity contribution in [3.05, 3.63) is 66.7 Å². The topological polar surface area (TPSA) is 70.9 Å². The van der Waals surface area contributed by atoms with Crippen LogP contribution < -0.4 is 10.5 Å². The Morgan fingerprint density at radius 1 is 1.20 bits per heavy atom. The number of hydrogen-bond acceptors (Lipinski definition) is 4. The second-order valence-electron chi connectivity index (χ2n) is 5.56. The minimum atomic E-state index is 0. The number of rotatable bonds is 4. The summed E-state index contributed by atoms with van der Waals surface area (Å²) >= 11 is 0. The van der Waals surface area contributed by atoms with Crippen LogP contribution in [0.1, 0.15) is 5.56 Å². The van der Waals surface area contributed by atoms with Gasteiger partial charge in [0.15, 0.2) is 0 Å². The van der Waals surface area contributed by atoms with Gasteiger partial charge in [0.2, 0.25) is 5.88 Å². The van der Waals surface area contributed by atoms with Crippen LogP contribution in [0.3, 0.4) is 0 Å². The Kier molecular flexibility index (Phi) is 4.74. The molecule has 4 rings (SSSR count). The Morgan fingerprint density at radius 3 is 2.84 bits per heavy atom. The maximum Gasteiger partial charge on any atom is 0.219 e. The van der Waals surface area contributed by atoms with E-state index < -0.39 is 0 Å². The number of ether oxygens (including phenoxy) is 1. The lowest BCUT2D eigenvalue weighted by Crippen LogP contribution is -1.97. The Bertz CT molecular complexity index is 1010. The van der Waals surface area contributed by atoms with Gasteiger partial charge in [0.1, 0.15) is 5.75 Å². The van der Waals surface area contributed by atoms with Crippen LogP contribution in [0.4, 0.5) is 0 Å². The zero-order valence-electron chi connectivity index (χ0n) is 13.7. The Morgan fingerprint density at radius 2 is 2.08 bits per heavy atom. The Labute approximate surface area is 151 Å². The SMILES string of the molecule is Cl.Cn1cc(-n2ccc3c(Oc4cc(CN)ccn4)cccc32)cn1. The monoisotopic (exact) mass is 355 g/mol. The van der Waals surface area contributed by atoms with Crippen molar-refractivity contribution in [2.75, 3.05) is 0 Å². The van der Waals surface area contributed by atoms with Crippen LogP contribution >= 0.6 is 12.4 Å². The second kappa shape index (κ2) is 6.96. The summed E-state index contributed by atoms with van der Waals surface area (Å²) in [4.78, 5) is 4.26. The molecule has 0 radical (unpaired) electrons. The molecule has 0 saturated carbocycles. The summed E-state index contributed by atoms with van der Waals surface area (Å²) in [6.45, 7) is 0.459. The van der Waals surface area contributed by atoms with Crippen molar-refractivity contribution in [1.82, 2.24) is 19.3 Å². The smallest absolute Gasteiger partial charge is 0.219 e. The van der Waals surface area contributed by atoms with Gasteiger partial charge in [0.25, 0.3) is 0 Å². The third kappa shape index (κ3) is 3.22. The maximum absolute atomic E-state index is 5.99. The van der Waals surface area contributed by atoms with E-state index in [4.69, 9.17) is 10.5 Å². The first-order valence-corrected chi connectivity index (χ1v) is 7.66. The average Bonchev–Trinajstić information content (AvgIpc) is 3.21. The molecule has 0 aliphatic rings. The van der Waals surface area contributed by atoms with E-state index in [9.17, 15) is 0 Å². The molecule has 2 N–H and O–H groups in total. The summed E-state index contributed by atoms with van der Waals surface area (Å²) in [6, 6.07) is 11.7. The van der Waals surface area contributed by atoms with Gasteiger partial charge in [-0.3, -0.25) is 4.68 Å². The molecule has 3 aromatic heterocycles. The molecule has 128 valence electrons. The number of halogens is 1. The number of nitrogens with zero attached hydrogens (tertiary/aromatic N) is 4. The number of pyridine rings is 1. The lowest BCUT2D eigenvalue weighted by Gasteiger charge is -2.08. The molecule has 0 spiro atoms. The molecule has 0 unspecified atom stereocenters. The van der Waals surface area contributed by atoms with Gasteiger partial charge in [-0.1, -0.05) is 6.07 Å². The highest BCUT2D eigenvalue weighted by Gasteiger charge is 2.10. The Balaban J connectivity index is 0.00000182. The van der Waals surface area contributed by atoms with Gasteiger partial charge in [-0.25, -0.2) is 4.98 Å². The largest absolute Gasteiger partial charge is 0.438 e. The minimum Gasteiger partial charge on any atom is -0.438 e. The van der Waals surface area contributed by atoms with Gasteiger partial charge < -0.3 is 15.0 Å². The molecule has 0 atom stereocenters. The van der Waals surface area contributed by atoms with Crippen molar-refractivity contribution >= 4 is 23.3 Å². The van der Waals surface area contributed by atoms with Gasteiger partial charge in [-0.15, -0.1) is 12.4 Å².